The molecule has 3 nitrogen and oxygen atoms in total. The number of benzene rings is 2. The van der Waals surface area contributed by atoms with Gasteiger partial charge in [-0.15, -0.1) is 5.10 Å². The molecule has 0 amide bonds. The highest BCUT2D eigenvalue weighted by Crippen LogP contribution is 2.35. The molecule has 1 heterocycles. The van der Waals surface area contributed by atoms with Crippen molar-refractivity contribution in [1.82, 2.24) is 10.2 Å². The quantitative estimate of drug-likeness (QED) is 0.544. The Hall–Kier alpha value is -2.15. The summed E-state index contributed by atoms with van der Waals surface area (Å²) in [6, 6.07) is 9.64. The summed E-state index contributed by atoms with van der Waals surface area (Å²) in [6.07, 6.45) is -4.37. The number of rotatable bonds is 3. The molecule has 0 fully saturated rings. The van der Waals surface area contributed by atoms with Crippen LogP contribution in [0.15, 0.2) is 40.9 Å². The summed E-state index contributed by atoms with van der Waals surface area (Å²) < 4.78 is 40.4. The molecule has 0 bridgehead atoms. The van der Waals surface area contributed by atoms with Crippen molar-refractivity contribution in [2.45, 2.75) is 33.0 Å². The van der Waals surface area contributed by atoms with Crippen molar-refractivity contribution >= 4 is 32.5 Å². The Morgan fingerprint density at radius 2 is 1.77 bits per heavy atom. The third kappa shape index (κ3) is 3.53. The number of fused-ring (bicyclic) bond motifs is 1. The average Bonchev–Trinajstić information content (AvgIpc) is 2.56. The highest BCUT2D eigenvalue weighted by atomic mass is 79.9. The van der Waals surface area contributed by atoms with Gasteiger partial charge in [-0.25, -0.2) is 0 Å². The molecule has 0 aliphatic carbocycles. The van der Waals surface area contributed by atoms with Gasteiger partial charge in [-0.2, -0.15) is 18.3 Å². The fraction of sp³-hybridized carbons (Fsp3) is 0.263. The molecule has 3 rings (SSSR count). The molecule has 2 aromatic carbocycles. The van der Waals surface area contributed by atoms with Crippen LogP contribution in [0.5, 0.6) is 0 Å². The van der Waals surface area contributed by atoms with Crippen molar-refractivity contribution in [3.63, 3.8) is 0 Å². The van der Waals surface area contributed by atoms with Gasteiger partial charge >= 0.3 is 6.18 Å². The van der Waals surface area contributed by atoms with E-state index < -0.39 is 11.7 Å². The van der Waals surface area contributed by atoms with Gasteiger partial charge in [0.05, 0.1) is 17.3 Å². The van der Waals surface area contributed by atoms with Crippen molar-refractivity contribution in [2.24, 2.45) is 0 Å². The fourth-order valence-electron chi connectivity index (χ4n) is 3.08. The minimum atomic E-state index is -4.37. The molecular formula is C19H17BrF3N3. The van der Waals surface area contributed by atoms with E-state index in [1.54, 1.807) is 6.07 Å². The molecule has 0 aliphatic heterocycles. The van der Waals surface area contributed by atoms with Crippen molar-refractivity contribution in [3.8, 4) is 0 Å². The molecule has 1 N–H and O–H groups in total. The number of aromatic nitrogens is 2. The third-order valence-corrected chi connectivity index (χ3v) is 4.92. The van der Waals surface area contributed by atoms with Gasteiger partial charge in [0.1, 0.15) is 0 Å². The summed E-state index contributed by atoms with van der Waals surface area (Å²) in [5, 5.41) is 13.4. The third-order valence-electron chi connectivity index (χ3n) is 4.43. The van der Waals surface area contributed by atoms with Crippen LogP contribution in [-0.4, -0.2) is 10.2 Å². The van der Waals surface area contributed by atoms with E-state index in [4.69, 9.17) is 0 Å². The summed E-state index contributed by atoms with van der Waals surface area (Å²) in [6.45, 7) is 5.17. The van der Waals surface area contributed by atoms with Crippen molar-refractivity contribution in [1.29, 1.82) is 0 Å². The lowest BCUT2D eigenvalue weighted by atomic mass is 9.97. The number of hydrogen-bond donors (Lipinski definition) is 1. The van der Waals surface area contributed by atoms with E-state index in [-0.39, 0.29) is 11.6 Å². The predicted octanol–water partition coefficient (Wildman–Crippen LogP) is 6.20. The SMILES string of the molecule is Cc1c(C(C)Nc2nnc(C)c3ccc(Br)cc23)cccc1C(F)(F)F. The smallest absolute Gasteiger partial charge is 0.362 e. The zero-order valence-electron chi connectivity index (χ0n) is 14.4. The Kier molecular flexibility index (Phi) is 4.92. The lowest BCUT2D eigenvalue weighted by molar-refractivity contribution is -0.138. The highest BCUT2D eigenvalue weighted by molar-refractivity contribution is 9.10. The van der Waals surface area contributed by atoms with Crippen molar-refractivity contribution < 1.29 is 13.2 Å². The molecule has 0 radical (unpaired) electrons. The van der Waals surface area contributed by atoms with Gasteiger partial charge < -0.3 is 5.32 Å². The lowest BCUT2D eigenvalue weighted by Crippen LogP contribution is -2.14. The van der Waals surface area contributed by atoms with E-state index in [0.29, 0.717) is 11.4 Å². The molecule has 1 unspecified atom stereocenters. The molecular weight excluding hydrogens is 407 g/mol. The molecule has 0 saturated heterocycles. The molecule has 0 aliphatic rings. The van der Waals surface area contributed by atoms with Crippen molar-refractivity contribution in [3.05, 3.63) is 63.3 Å². The van der Waals surface area contributed by atoms with E-state index >= 15 is 0 Å². The number of anilines is 1. The Morgan fingerprint density at radius 1 is 1.04 bits per heavy atom. The molecule has 7 heteroatoms. The Labute approximate surface area is 157 Å². The zero-order valence-corrected chi connectivity index (χ0v) is 16.0. The predicted molar refractivity (Wildman–Crippen MR) is 100 cm³/mol. The van der Waals surface area contributed by atoms with Crippen LogP contribution in [0.25, 0.3) is 10.8 Å². The van der Waals surface area contributed by atoms with Gasteiger partial charge in [0.25, 0.3) is 0 Å². The van der Waals surface area contributed by atoms with Crippen LogP contribution in [0.2, 0.25) is 0 Å². The molecule has 0 spiro atoms. The van der Waals surface area contributed by atoms with Gasteiger partial charge in [0.15, 0.2) is 5.82 Å². The molecule has 1 aromatic heterocycles. The van der Waals surface area contributed by atoms with E-state index in [9.17, 15) is 13.2 Å². The summed E-state index contributed by atoms with van der Waals surface area (Å²) in [5.41, 5.74) is 0.961. The summed E-state index contributed by atoms with van der Waals surface area (Å²) in [4.78, 5) is 0. The number of alkyl halides is 3. The molecule has 0 saturated carbocycles. The van der Waals surface area contributed by atoms with E-state index in [2.05, 4.69) is 31.4 Å². The lowest BCUT2D eigenvalue weighted by Gasteiger charge is -2.21. The van der Waals surface area contributed by atoms with Crippen LogP contribution in [0, 0.1) is 13.8 Å². The second-order valence-corrected chi connectivity index (χ2v) is 7.12. The normalized spacial score (nSPS) is 13.0. The molecule has 1 atom stereocenters. The van der Waals surface area contributed by atoms with E-state index in [1.165, 1.54) is 13.0 Å². The highest BCUT2D eigenvalue weighted by Gasteiger charge is 2.33. The first-order valence-electron chi connectivity index (χ1n) is 8.04. The topological polar surface area (TPSA) is 37.8 Å². The Morgan fingerprint density at radius 3 is 2.46 bits per heavy atom. The van der Waals surface area contributed by atoms with Crippen LogP contribution in [0.4, 0.5) is 19.0 Å². The number of hydrogen-bond acceptors (Lipinski definition) is 3. The van der Waals surface area contributed by atoms with E-state index in [0.717, 1.165) is 27.0 Å². The minimum absolute atomic E-state index is 0.213. The van der Waals surface area contributed by atoms with Gasteiger partial charge in [-0.05, 0) is 50.1 Å². The van der Waals surface area contributed by atoms with Crippen LogP contribution in [0.3, 0.4) is 0 Å². The molecule has 26 heavy (non-hydrogen) atoms. The molecule has 3 aromatic rings. The standard InChI is InChI=1S/C19H17BrF3N3/c1-10-14(5-4-6-17(10)19(21,22)23)11(2)24-18-16-9-13(20)7-8-15(16)12(3)25-26-18/h4-9,11H,1-3H3,(H,24,26). The van der Waals surface area contributed by atoms with Gasteiger partial charge in [-0.1, -0.05) is 34.1 Å². The maximum absolute atomic E-state index is 13.2. The monoisotopic (exact) mass is 423 g/mol. The Balaban J connectivity index is 2.02. The summed E-state index contributed by atoms with van der Waals surface area (Å²) in [5.74, 6) is 0.538. The first kappa shape index (κ1) is 18.6. The second-order valence-electron chi connectivity index (χ2n) is 6.21. The number of aryl methyl sites for hydroxylation is 1. The number of halogens is 4. The Bertz CT molecular complexity index is 970. The first-order chi connectivity index (χ1) is 12.2. The van der Waals surface area contributed by atoms with Gasteiger partial charge in [0, 0.05) is 15.2 Å². The van der Waals surface area contributed by atoms with Crippen molar-refractivity contribution in [2.75, 3.05) is 5.32 Å². The second kappa shape index (κ2) is 6.87. The maximum Gasteiger partial charge on any atom is 0.416 e. The van der Waals surface area contributed by atoms with Crippen LogP contribution in [-0.2, 0) is 6.18 Å². The first-order valence-corrected chi connectivity index (χ1v) is 8.83. The average molecular weight is 424 g/mol. The largest absolute Gasteiger partial charge is 0.416 e. The van der Waals surface area contributed by atoms with Crippen LogP contribution >= 0.6 is 15.9 Å². The summed E-state index contributed by atoms with van der Waals surface area (Å²) in [7, 11) is 0. The fourth-order valence-corrected chi connectivity index (χ4v) is 3.44. The van der Waals surface area contributed by atoms with Gasteiger partial charge in [0.2, 0.25) is 0 Å². The zero-order chi connectivity index (χ0) is 19.1. The minimum Gasteiger partial charge on any atom is -0.362 e. The van der Waals surface area contributed by atoms with Crippen LogP contribution in [0.1, 0.15) is 35.3 Å². The van der Waals surface area contributed by atoms with E-state index in [1.807, 2.05) is 32.0 Å². The van der Waals surface area contributed by atoms with Crippen LogP contribution < -0.4 is 5.32 Å². The molecule has 136 valence electrons. The number of nitrogens with one attached hydrogen (secondary N) is 1. The summed E-state index contributed by atoms with van der Waals surface area (Å²) >= 11 is 3.44. The maximum atomic E-state index is 13.2. The number of nitrogens with zero attached hydrogens (tertiary/aromatic N) is 2. The van der Waals surface area contributed by atoms with Gasteiger partial charge in [-0.3, -0.25) is 0 Å².